The number of ether oxygens (including phenoxy) is 1. The molecular formula is C19H27N5O2S. The zero-order chi connectivity index (χ0) is 19.1. The fraction of sp³-hybridized carbons (Fsp3) is 0.579. The van der Waals surface area contributed by atoms with Gasteiger partial charge in [-0.3, -0.25) is 4.79 Å². The van der Waals surface area contributed by atoms with Crippen molar-refractivity contribution in [2.45, 2.75) is 68.6 Å². The van der Waals surface area contributed by atoms with Crippen LogP contribution >= 0.6 is 11.8 Å². The average molecular weight is 390 g/mol. The van der Waals surface area contributed by atoms with Crippen LogP contribution in [-0.4, -0.2) is 44.1 Å². The van der Waals surface area contributed by atoms with Gasteiger partial charge in [0.25, 0.3) is 0 Å². The van der Waals surface area contributed by atoms with Crippen molar-refractivity contribution in [3.63, 3.8) is 0 Å². The zero-order valence-corrected chi connectivity index (χ0v) is 16.7. The van der Waals surface area contributed by atoms with Gasteiger partial charge < -0.3 is 10.1 Å². The summed E-state index contributed by atoms with van der Waals surface area (Å²) in [4.78, 5) is 12.7. The van der Waals surface area contributed by atoms with Gasteiger partial charge >= 0.3 is 0 Å². The van der Waals surface area contributed by atoms with Crippen LogP contribution in [0.3, 0.4) is 0 Å². The van der Waals surface area contributed by atoms with E-state index in [1.165, 1.54) is 11.8 Å². The van der Waals surface area contributed by atoms with Crippen molar-refractivity contribution in [2.24, 2.45) is 0 Å². The molecule has 27 heavy (non-hydrogen) atoms. The lowest BCUT2D eigenvalue weighted by atomic mass is 10.0. The van der Waals surface area contributed by atoms with Crippen LogP contribution in [0.15, 0.2) is 35.5 Å². The van der Waals surface area contributed by atoms with Gasteiger partial charge in [0.1, 0.15) is 0 Å². The van der Waals surface area contributed by atoms with Gasteiger partial charge in [0.2, 0.25) is 11.1 Å². The summed E-state index contributed by atoms with van der Waals surface area (Å²) < 4.78 is 7.40. The van der Waals surface area contributed by atoms with E-state index in [2.05, 4.69) is 39.9 Å². The van der Waals surface area contributed by atoms with E-state index in [1.807, 2.05) is 25.1 Å². The van der Waals surface area contributed by atoms with Crippen LogP contribution < -0.4 is 5.32 Å². The molecule has 0 spiro atoms. The predicted molar refractivity (Wildman–Crippen MR) is 104 cm³/mol. The lowest BCUT2D eigenvalue weighted by Gasteiger charge is -2.21. The number of carbonyl (C=O) groups excluding carboxylic acids is 1. The Kier molecular flexibility index (Phi) is 7.23. The summed E-state index contributed by atoms with van der Waals surface area (Å²) in [6, 6.07) is 10.1. The van der Waals surface area contributed by atoms with E-state index in [0.717, 1.165) is 37.9 Å². The van der Waals surface area contributed by atoms with Crippen LogP contribution in [0.1, 0.15) is 51.1 Å². The standard InChI is InChI=1S/C19H27N5O2S/c1-3-8-17(15-9-5-4-6-10-15)20-18(25)14(2)27-19-21-22-23-24(19)13-16-11-7-12-26-16/h4-6,9-10,14,16-17H,3,7-8,11-13H2,1-2H3,(H,20,25). The molecule has 1 N–H and O–H groups in total. The van der Waals surface area contributed by atoms with Crippen molar-refractivity contribution < 1.29 is 9.53 Å². The molecule has 1 aromatic heterocycles. The molecule has 1 fully saturated rings. The molecule has 7 nitrogen and oxygen atoms in total. The SMILES string of the molecule is CCCC(NC(=O)C(C)Sc1nnnn1CC1CCCO1)c1ccccc1. The fourth-order valence-corrected chi connectivity index (χ4v) is 3.98. The lowest BCUT2D eigenvalue weighted by molar-refractivity contribution is -0.121. The third-order valence-electron chi connectivity index (χ3n) is 4.65. The highest BCUT2D eigenvalue weighted by molar-refractivity contribution is 8.00. The summed E-state index contributed by atoms with van der Waals surface area (Å²) >= 11 is 1.38. The number of hydrogen-bond acceptors (Lipinski definition) is 6. The summed E-state index contributed by atoms with van der Waals surface area (Å²) in [6.07, 6.45) is 4.16. The van der Waals surface area contributed by atoms with Gasteiger partial charge in [-0.15, -0.1) is 5.10 Å². The number of thioether (sulfide) groups is 1. The molecule has 1 aliphatic rings. The van der Waals surface area contributed by atoms with Crippen molar-refractivity contribution in [1.82, 2.24) is 25.5 Å². The van der Waals surface area contributed by atoms with Crippen molar-refractivity contribution in [2.75, 3.05) is 6.61 Å². The average Bonchev–Trinajstić information content (AvgIpc) is 3.35. The monoisotopic (exact) mass is 389 g/mol. The number of tetrazole rings is 1. The Morgan fingerprint density at radius 3 is 2.93 bits per heavy atom. The van der Waals surface area contributed by atoms with E-state index in [1.54, 1.807) is 4.68 Å². The van der Waals surface area contributed by atoms with Crippen molar-refractivity contribution >= 4 is 17.7 Å². The first-order valence-electron chi connectivity index (χ1n) is 9.57. The smallest absolute Gasteiger partial charge is 0.233 e. The maximum absolute atomic E-state index is 12.7. The van der Waals surface area contributed by atoms with E-state index in [9.17, 15) is 4.79 Å². The second-order valence-corrected chi connectivity index (χ2v) is 8.11. The highest BCUT2D eigenvalue weighted by Crippen LogP contribution is 2.24. The number of rotatable bonds is 9. The Bertz CT molecular complexity index is 718. The second kappa shape index (κ2) is 9.85. The fourth-order valence-electron chi connectivity index (χ4n) is 3.17. The van der Waals surface area contributed by atoms with E-state index < -0.39 is 0 Å². The molecule has 1 amide bonds. The number of carbonyl (C=O) groups is 1. The lowest BCUT2D eigenvalue weighted by Crippen LogP contribution is -2.34. The molecule has 0 bridgehead atoms. The Morgan fingerprint density at radius 1 is 1.41 bits per heavy atom. The van der Waals surface area contributed by atoms with Gasteiger partial charge in [-0.2, -0.15) is 0 Å². The molecule has 0 radical (unpaired) electrons. The van der Waals surface area contributed by atoms with E-state index in [-0.39, 0.29) is 23.3 Å². The quantitative estimate of drug-likeness (QED) is 0.664. The third kappa shape index (κ3) is 5.52. The van der Waals surface area contributed by atoms with Crippen LogP contribution in [0, 0.1) is 0 Å². The van der Waals surface area contributed by atoms with Crippen molar-refractivity contribution in [1.29, 1.82) is 0 Å². The molecule has 8 heteroatoms. The minimum atomic E-state index is -0.290. The summed E-state index contributed by atoms with van der Waals surface area (Å²) in [5, 5.41) is 15.4. The number of amides is 1. The van der Waals surface area contributed by atoms with Gasteiger partial charge in [-0.05, 0) is 42.2 Å². The van der Waals surface area contributed by atoms with E-state index in [0.29, 0.717) is 11.7 Å². The second-order valence-electron chi connectivity index (χ2n) is 6.80. The van der Waals surface area contributed by atoms with Gasteiger partial charge in [-0.25, -0.2) is 4.68 Å². The molecule has 146 valence electrons. The van der Waals surface area contributed by atoms with Gasteiger partial charge in [0.05, 0.1) is 23.9 Å². The molecule has 3 rings (SSSR count). The Morgan fingerprint density at radius 2 is 2.22 bits per heavy atom. The maximum Gasteiger partial charge on any atom is 0.233 e. The molecule has 2 heterocycles. The number of nitrogens with zero attached hydrogens (tertiary/aromatic N) is 4. The van der Waals surface area contributed by atoms with Crippen LogP contribution in [0.2, 0.25) is 0 Å². The first-order chi connectivity index (χ1) is 13.2. The van der Waals surface area contributed by atoms with Gasteiger partial charge in [-0.1, -0.05) is 55.4 Å². The molecule has 3 unspecified atom stereocenters. The Hall–Kier alpha value is -1.93. The van der Waals surface area contributed by atoms with Gasteiger partial charge in [0, 0.05) is 6.61 Å². The van der Waals surface area contributed by atoms with Gasteiger partial charge in [0.15, 0.2) is 0 Å². The molecule has 1 aliphatic heterocycles. The number of aromatic nitrogens is 4. The molecule has 1 saturated heterocycles. The summed E-state index contributed by atoms with van der Waals surface area (Å²) in [6.45, 7) is 5.44. The maximum atomic E-state index is 12.7. The predicted octanol–water partition coefficient (Wildman–Crippen LogP) is 2.99. The first kappa shape index (κ1) is 19.8. The molecule has 0 saturated carbocycles. The zero-order valence-electron chi connectivity index (χ0n) is 15.9. The topological polar surface area (TPSA) is 81.9 Å². The molecule has 1 aromatic carbocycles. The molecule has 3 atom stereocenters. The Labute approximate surface area is 164 Å². The number of nitrogens with one attached hydrogen (secondary N) is 1. The molecular weight excluding hydrogens is 362 g/mol. The Balaban J connectivity index is 1.59. The third-order valence-corrected chi connectivity index (χ3v) is 5.72. The molecule has 2 aromatic rings. The highest BCUT2D eigenvalue weighted by Gasteiger charge is 2.24. The number of benzene rings is 1. The van der Waals surface area contributed by atoms with Crippen LogP contribution in [0.25, 0.3) is 0 Å². The minimum absolute atomic E-state index is 0.00558. The van der Waals surface area contributed by atoms with Crippen LogP contribution in [0.5, 0.6) is 0 Å². The normalized spacial score (nSPS) is 19.0. The van der Waals surface area contributed by atoms with Crippen LogP contribution in [0.4, 0.5) is 0 Å². The summed E-state index contributed by atoms with van der Waals surface area (Å²) in [5.41, 5.74) is 1.13. The largest absolute Gasteiger partial charge is 0.376 e. The summed E-state index contributed by atoms with van der Waals surface area (Å²) in [5.74, 6) is -0.00558. The van der Waals surface area contributed by atoms with E-state index >= 15 is 0 Å². The first-order valence-corrected chi connectivity index (χ1v) is 10.4. The van der Waals surface area contributed by atoms with Crippen molar-refractivity contribution in [3.8, 4) is 0 Å². The minimum Gasteiger partial charge on any atom is -0.376 e. The summed E-state index contributed by atoms with van der Waals surface area (Å²) in [7, 11) is 0. The number of hydrogen-bond donors (Lipinski definition) is 1. The highest BCUT2D eigenvalue weighted by atomic mass is 32.2. The van der Waals surface area contributed by atoms with Crippen LogP contribution in [-0.2, 0) is 16.1 Å². The van der Waals surface area contributed by atoms with Crippen molar-refractivity contribution in [3.05, 3.63) is 35.9 Å². The molecule has 0 aliphatic carbocycles. The van der Waals surface area contributed by atoms with E-state index in [4.69, 9.17) is 4.74 Å².